The van der Waals surface area contributed by atoms with E-state index in [1.54, 1.807) is 7.05 Å². The maximum absolute atomic E-state index is 12.2. The maximum atomic E-state index is 12.2. The van der Waals surface area contributed by atoms with Crippen LogP contribution in [-0.2, 0) is 20.7 Å². The lowest BCUT2D eigenvalue weighted by Crippen LogP contribution is -2.45. The average Bonchev–Trinajstić information content (AvgIpc) is 3.20. The predicted octanol–water partition coefficient (Wildman–Crippen LogP) is 1.55. The van der Waals surface area contributed by atoms with Gasteiger partial charge in [-0.3, -0.25) is 4.79 Å². The van der Waals surface area contributed by atoms with Crippen molar-refractivity contribution in [2.24, 2.45) is 0 Å². The predicted molar refractivity (Wildman–Crippen MR) is 109 cm³/mol. The normalized spacial score (nSPS) is 17.4. The fraction of sp³-hybridized carbons (Fsp3) is 0.619. The summed E-state index contributed by atoms with van der Waals surface area (Å²) in [7, 11) is 3.75. The third-order valence-corrected chi connectivity index (χ3v) is 5.55. The van der Waals surface area contributed by atoms with Crippen molar-refractivity contribution in [3.8, 4) is 11.5 Å². The van der Waals surface area contributed by atoms with Gasteiger partial charge in [-0.15, -0.1) is 0 Å². The number of likely N-dealkylation sites (N-methyl/N-ethyl adjacent to an activating group) is 2. The third kappa shape index (κ3) is 6.24. The Labute approximate surface area is 177 Å². The Morgan fingerprint density at radius 3 is 2.63 bits per heavy atom. The van der Waals surface area contributed by atoms with Crippen LogP contribution in [0.2, 0.25) is 0 Å². The minimum Gasteiger partial charge on any atom is -0.454 e. The largest absolute Gasteiger partial charge is 0.454 e. The molecule has 2 aliphatic rings. The zero-order valence-corrected chi connectivity index (χ0v) is 18.0. The molecule has 1 amide bonds. The second-order valence-electron chi connectivity index (χ2n) is 7.79. The highest BCUT2D eigenvalue weighted by molar-refractivity contribution is 5.70. The van der Waals surface area contributed by atoms with Crippen molar-refractivity contribution in [1.29, 1.82) is 0 Å². The standard InChI is InChI=1S/C21H31N3O6/c1-16(12-17-4-5-18-19(13-17)28-14-27-18)23(3)21(26)30-15-29-20(25)6-7-24-10-8-22(2)9-11-24/h4-5,13,16H,6-12,14-15H2,1-3H3. The molecule has 0 bridgehead atoms. The molecule has 3 rings (SSSR count). The number of rotatable bonds is 8. The van der Waals surface area contributed by atoms with Crippen molar-refractivity contribution in [2.45, 2.75) is 25.8 Å². The summed E-state index contributed by atoms with van der Waals surface area (Å²) < 4.78 is 20.8. The molecule has 0 spiro atoms. The van der Waals surface area contributed by atoms with E-state index >= 15 is 0 Å². The first-order chi connectivity index (χ1) is 14.4. The topological polar surface area (TPSA) is 80.8 Å². The van der Waals surface area contributed by atoms with Crippen LogP contribution in [0.3, 0.4) is 0 Å². The molecule has 0 aliphatic carbocycles. The molecule has 1 fully saturated rings. The summed E-state index contributed by atoms with van der Waals surface area (Å²) in [5.74, 6) is 1.08. The molecule has 2 heterocycles. The molecule has 30 heavy (non-hydrogen) atoms. The molecular weight excluding hydrogens is 390 g/mol. The van der Waals surface area contributed by atoms with Gasteiger partial charge in [-0.2, -0.15) is 0 Å². The number of hydrogen-bond acceptors (Lipinski definition) is 8. The van der Waals surface area contributed by atoms with E-state index in [9.17, 15) is 9.59 Å². The lowest BCUT2D eigenvalue weighted by Gasteiger charge is -2.31. The Bertz CT molecular complexity index is 735. The maximum Gasteiger partial charge on any atom is 0.412 e. The number of nitrogens with zero attached hydrogens (tertiary/aromatic N) is 3. The number of carbonyl (C=O) groups is 2. The molecule has 0 N–H and O–H groups in total. The summed E-state index contributed by atoms with van der Waals surface area (Å²) in [4.78, 5) is 30.1. The van der Waals surface area contributed by atoms with E-state index in [1.807, 2.05) is 25.1 Å². The Kier molecular flexibility index (Phi) is 7.75. The summed E-state index contributed by atoms with van der Waals surface area (Å²) in [6, 6.07) is 5.63. The zero-order valence-electron chi connectivity index (χ0n) is 18.0. The molecular formula is C21H31N3O6. The number of benzene rings is 1. The molecule has 1 atom stereocenters. The van der Waals surface area contributed by atoms with Gasteiger partial charge in [-0.25, -0.2) is 4.79 Å². The molecule has 2 aliphatic heterocycles. The van der Waals surface area contributed by atoms with Gasteiger partial charge < -0.3 is 33.6 Å². The molecule has 9 nitrogen and oxygen atoms in total. The van der Waals surface area contributed by atoms with Crippen LogP contribution in [0.1, 0.15) is 18.9 Å². The van der Waals surface area contributed by atoms with Crippen molar-refractivity contribution in [2.75, 3.05) is 60.4 Å². The molecule has 0 radical (unpaired) electrons. The van der Waals surface area contributed by atoms with Crippen LogP contribution in [0, 0.1) is 0 Å². The van der Waals surface area contributed by atoms with Crippen molar-refractivity contribution in [3.63, 3.8) is 0 Å². The van der Waals surface area contributed by atoms with Crippen LogP contribution < -0.4 is 9.47 Å². The van der Waals surface area contributed by atoms with Crippen LogP contribution in [0.5, 0.6) is 11.5 Å². The summed E-state index contributed by atoms with van der Waals surface area (Å²) in [5, 5.41) is 0. The highest BCUT2D eigenvalue weighted by Crippen LogP contribution is 2.32. The summed E-state index contributed by atoms with van der Waals surface area (Å²) in [6.07, 6.45) is 0.389. The highest BCUT2D eigenvalue weighted by Gasteiger charge is 2.20. The summed E-state index contributed by atoms with van der Waals surface area (Å²) in [6.45, 7) is 6.35. The molecule has 0 aromatic heterocycles. The van der Waals surface area contributed by atoms with Gasteiger partial charge >= 0.3 is 12.1 Å². The third-order valence-electron chi connectivity index (χ3n) is 5.55. The Morgan fingerprint density at radius 1 is 1.13 bits per heavy atom. The first kappa shape index (κ1) is 22.2. The van der Waals surface area contributed by atoms with Crippen LogP contribution >= 0.6 is 0 Å². The van der Waals surface area contributed by atoms with Gasteiger partial charge in [0, 0.05) is 45.8 Å². The van der Waals surface area contributed by atoms with Crippen molar-refractivity contribution in [3.05, 3.63) is 23.8 Å². The molecule has 166 valence electrons. The van der Waals surface area contributed by atoms with E-state index < -0.39 is 6.09 Å². The zero-order chi connectivity index (χ0) is 21.5. The molecule has 0 saturated carbocycles. The number of hydrogen-bond donors (Lipinski definition) is 0. The van der Waals surface area contributed by atoms with Crippen LogP contribution in [0.15, 0.2) is 18.2 Å². The fourth-order valence-corrected chi connectivity index (χ4v) is 3.37. The number of ether oxygens (including phenoxy) is 4. The SMILES string of the molecule is CC(Cc1ccc2c(c1)OCO2)N(C)C(=O)OCOC(=O)CCN1CCN(C)CC1. The summed E-state index contributed by atoms with van der Waals surface area (Å²) in [5.41, 5.74) is 1.03. The number of carbonyl (C=O) groups excluding carboxylic acids is 2. The van der Waals surface area contributed by atoms with Gasteiger partial charge in [-0.05, 0) is 38.1 Å². The lowest BCUT2D eigenvalue weighted by atomic mass is 10.1. The van der Waals surface area contributed by atoms with E-state index in [0.29, 0.717) is 18.7 Å². The van der Waals surface area contributed by atoms with Crippen molar-refractivity contribution >= 4 is 12.1 Å². The van der Waals surface area contributed by atoms with Crippen molar-refractivity contribution in [1.82, 2.24) is 14.7 Å². The molecule has 1 aromatic carbocycles. The highest BCUT2D eigenvalue weighted by atomic mass is 16.7. The Morgan fingerprint density at radius 2 is 1.87 bits per heavy atom. The van der Waals surface area contributed by atoms with Crippen LogP contribution in [0.25, 0.3) is 0 Å². The number of fused-ring (bicyclic) bond motifs is 1. The Balaban J connectivity index is 1.33. The molecule has 9 heteroatoms. The van der Waals surface area contributed by atoms with Gasteiger partial charge in [0.25, 0.3) is 0 Å². The number of esters is 1. The quantitative estimate of drug-likeness (QED) is 0.462. The average molecular weight is 421 g/mol. The van der Waals surface area contributed by atoms with E-state index in [0.717, 1.165) is 37.5 Å². The van der Waals surface area contributed by atoms with Crippen LogP contribution in [0.4, 0.5) is 4.79 Å². The first-order valence-corrected chi connectivity index (χ1v) is 10.3. The van der Waals surface area contributed by atoms with Gasteiger partial charge in [0.15, 0.2) is 11.5 Å². The summed E-state index contributed by atoms with van der Waals surface area (Å²) >= 11 is 0. The smallest absolute Gasteiger partial charge is 0.412 e. The molecule has 1 unspecified atom stereocenters. The monoisotopic (exact) mass is 421 g/mol. The first-order valence-electron chi connectivity index (χ1n) is 10.3. The fourth-order valence-electron chi connectivity index (χ4n) is 3.37. The second kappa shape index (κ2) is 10.5. The van der Waals surface area contributed by atoms with Gasteiger partial charge in [0.05, 0.1) is 6.42 Å². The van der Waals surface area contributed by atoms with Crippen LogP contribution in [-0.4, -0.2) is 93.2 Å². The van der Waals surface area contributed by atoms with E-state index in [4.69, 9.17) is 18.9 Å². The van der Waals surface area contributed by atoms with Crippen molar-refractivity contribution < 1.29 is 28.5 Å². The van der Waals surface area contributed by atoms with E-state index in [-0.39, 0.29) is 32.0 Å². The number of amides is 1. The van der Waals surface area contributed by atoms with Gasteiger partial charge in [0.2, 0.25) is 13.6 Å². The molecule has 1 saturated heterocycles. The number of piperazine rings is 1. The second-order valence-corrected chi connectivity index (χ2v) is 7.79. The minimum absolute atomic E-state index is 0.106. The minimum atomic E-state index is -0.532. The van der Waals surface area contributed by atoms with E-state index in [1.165, 1.54) is 4.90 Å². The van der Waals surface area contributed by atoms with Gasteiger partial charge in [0.1, 0.15) is 0 Å². The molecule has 1 aromatic rings. The lowest BCUT2D eigenvalue weighted by molar-refractivity contribution is -0.152. The van der Waals surface area contributed by atoms with E-state index in [2.05, 4.69) is 16.8 Å². The van der Waals surface area contributed by atoms with Gasteiger partial charge in [-0.1, -0.05) is 6.07 Å². The Hall–Kier alpha value is -2.52.